The number of rotatable bonds is 6. The Morgan fingerprint density at radius 2 is 1.78 bits per heavy atom. The van der Waals surface area contributed by atoms with E-state index in [9.17, 15) is 13.2 Å². The lowest BCUT2D eigenvalue weighted by Crippen LogP contribution is -2.37. The predicted octanol–water partition coefficient (Wildman–Crippen LogP) is 1.94. The summed E-state index contributed by atoms with van der Waals surface area (Å²) in [5, 5.41) is 3.05. The highest BCUT2D eigenvalue weighted by Gasteiger charge is 2.24. The summed E-state index contributed by atoms with van der Waals surface area (Å²) in [5.41, 5.74) is 1.73. The number of carbonyl (C=O) groups is 1. The average molecular weight is 388 g/mol. The van der Waals surface area contributed by atoms with E-state index in [2.05, 4.69) is 22.3 Å². The third-order valence-corrected chi connectivity index (χ3v) is 6.58. The second-order valence-corrected chi connectivity index (χ2v) is 9.14. The van der Waals surface area contributed by atoms with E-state index in [1.807, 2.05) is 18.2 Å². The van der Waals surface area contributed by atoms with E-state index < -0.39 is 10.0 Å². The van der Waals surface area contributed by atoms with Crippen molar-refractivity contribution < 1.29 is 13.2 Å². The molecule has 0 aliphatic carbocycles. The van der Waals surface area contributed by atoms with Gasteiger partial charge in [0.25, 0.3) is 5.91 Å². The maximum absolute atomic E-state index is 12.5. The highest BCUT2D eigenvalue weighted by atomic mass is 32.2. The Morgan fingerprint density at radius 3 is 2.41 bits per heavy atom. The third-order valence-electron chi connectivity index (χ3n) is 4.75. The molecule has 0 saturated carbocycles. The summed E-state index contributed by atoms with van der Waals surface area (Å²) in [6.07, 6.45) is 0.908. The van der Waals surface area contributed by atoms with Crippen LogP contribution >= 0.6 is 0 Å². The SMILES string of the molecule is CN(C)S(=O)(=O)c1ccc(C(=O)NC2CCN(Cc3ccccc3)C2)cc1. The van der Waals surface area contributed by atoms with Gasteiger partial charge in [0, 0.05) is 45.3 Å². The fourth-order valence-corrected chi connectivity index (χ4v) is 4.10. The Morgan fingerprint density at radius 1 is 1.11 bits per heavy atom. The van der Waals surface area contributed by atoms with Gasteiger partial charge in [0.1, 0.15) is 0 Å². The topological polar surface area (TPSA) is 69.7 Å². The van der Waals surface area contributed by atoms with Crippen molar-refractivity contribution in [2.45, 2.75) is 23.9 Å². The zero-order chi connectivity index (χ0) is 19.4. The Bertz CT molecular complexity index is 880. The molecule has 2 aromatic carbocycles. The van der Waals surface area contributed by atoms with Crippen LogP contribution in [0.25, 0.3) is 0 Å². The number of nitrogens with one attached hydrogen (secondary N) is 1. The molecule has 0 aromatic heterocycles. The van der Waals surface area contributed by atoms with E-state index in [1.54, 1.807) is 12.1 Å². The van der Waals surface area contributed by atoms with Gasteiger partial charge in [0.05, 0.1) is 4.90 Å². The van der Waals surface area contributed by atoms with Crippen molar-refractivity contribution in [3.05, 3.63) is 65.7 Å². The van der Waals surface area contributed by atoms with Crippen LogP contribution in [0.3, 0.4) is 0 Å². The lowest BCUT2D eigenvalue weighted by Gasteiger charge is -2.17. The van der Waals surface area contributed by atoms with Gasteiger partial charge >= 0.3 is 0 Å². The lowest BCUT2D eigenvalue weighted by molar-refractivity contribution is 0.0937. The molecule has 0 bridgehead atoms. The lowest BCUT2D eigenvalue weighted by atomic mass is 10.2. The van der Waals surface area contributed by atoms with Crippen LogP contribution in [0.1, 0.15) is 22.3 Å². The largest absolute Gasteiger partial charge is 0.348 e. The number of nitrogens with zero attached hydrogens (tertiary/aromatic N) is 2. The van der Waals surface area contributed by atoms with Crippen molar-refractivity contribution in [1.29, 1.82) is 0 Å². The summed E-state index contributed by atoms with van der Waals surface area (Å²) in [5.74, 6) is -0.171. The Balaban J connectivity index is 1.56. The molecule has 0 spiro atoms. The fraction of sp³-hybridized carbons (Fsp3) is 0.350. The van der Waals surface area contributed by atoms with Gasteiger partial charge < -0.3 is 5.32 Å². The molecular formula is C20H25N3O3S. The molecule has 144 valence electrons. The van der Waals surface area contributed by atoms with Crippen molar-refractivity contribution in [2.24, 2.45) is 0 Å². The maximum atomic E-state index is 12.5. The van der Waals surface area contributed by atoms with Gasteiger partial charge in [0.15, 0.2) is 0 Å². The van der Waals surface area contributed by atoms with Gasteiger partial charge in [0.2, 0.25) is 10.0 Å². The minimum atomic E-state index is -3.48. The Kier molecular flexibility index (Phi) is 5.94. The molecule has 1 N–H and O–H groups in total. The van der Waals surface area contributed by atoms with Crippen molar-refractivity contribution >= 4 is 15.9 Å². The zero-order valence-electron chi connectivity index (χ0n) is 15.6. The van der Waals surface area contributed by atoms with Crippen LogP contribution in [0.5, 0.6) is 0 Å². The third kappa shape index (κ3) is 4.74. The van der Waals surface area contributed by atoms with Crippen LogP contribution in [0.15, 0.2) is 59.5 Å². The van der Waals surface area contributed by atoms with Crippen molar-refractivity contribution in [3.8, 4) is 0 Å². The molecule has 6 nitrogen and oxygen atoms in total. The van der Waals surface area contributed by atoms with Gasteiger partial charge in [-0.15, -0.1) is 0 Å². The standard InChI is InChI=1S/C20H25N3O3S/c1-22(2)27(25,26)19-10-8-17(9-11-19)20(24)21-18-12-13-23(15-18)14-16-6-4-3-5-7-16/h3-11,18H,12-15H2,1-2H3,(H,21,24). The molecule has 3 rings (SSSR count). The first-order valence-corrected chi connectivity index (χ1v) is 10.4. The molecule has 1 aliphatic rings. The molecule has 27 heavy (non-hydrogen) atoms. The molecule has 1 atom stereocenters. The molecule has 0 radical (unpaired) electrons. The predicted molar refractivity (Wildman–Crippen MR) is 105 cm³/mol. The van der Waals surface area contributed by atoms with E-state index >= 15 is 0 Å². The normalized spacial score (nSPS) is 18.0. The number of amides is 1. The summed E-state index contributed by atoms with van der Waals surface area (Å²) in [7, 11) is -0.517. The molecule has 1 saturated heterocycles. The summed E-state index contributed by atoms with van der Waals surface area (Å²) < 4.78 is 25.4. The molecule has 1 unspecified atom stereocenters. The number of sulfonamides is 1. The molecule has 1 heterocycles. The van der Waals surface area contributed by atoms with Gasteiger partial charge in [-0.3, -0.25) is 9.69 Å². The highest BCUT2D eigenvalue weighted by Crippen LogP contribution is 2.16. The number of benzene rings is 2. The van der Waals surface area contributed by atoms with Crippen molar-refractivity contribution in [3.63, 3.8) is 0 Å². The van der Waals surface area contributed by atoms with Crippen LogP contribution in [-0.2, 0) is 16.6 Å². The van der Waals surface area contributed by atoms with Crippen LogP contribution in [0.4, 0.5) is 0 Å². The number of carbonyl (C=O) groups excluding carboxylic acids is 1. The van der Waals surface area contributed by atoms with Gasteiger partial charge in [-0.05, 0) is 36.2 Å². The maximum Gasteiger partial charge on any atom is 0.251 e. The summed E-state index contributed by atoms with van der Waals surface area (Å²) in [6, 6.07) is 16.4. The van der Waals surface area contributed by atoms with Gasteiger partial charge in [-0.2, -0.15) is 0 Å². The first-order valence-electron chi connectivity index (χ1n) is 8.96. The summed E-state index contributed by atoms with van der Waals surface area (Å²) in [6.45, 7) is 2.64. The minimum absolute atomic E-state index is 0.103. The number of hydrogen-bond donors (Lipinski definition) is 1. The number of likely N-dealkylation sites (tertiary alicyclic amines) is 1. The molecular weight excluding hydrogens is 362 g/mol. The number of hydrogen-bond acceptors (Lipinski definition) is 4. The van der Waals surface area contributed by atoms with E-state index in [-0.39, 0.29) is 16.8 Å². The molecule has 2 aromatic rings. The molecule has 1 fully saturated rings. The molecule has 1 amide bonds. The Hall–Kier alpha value is -2.22. The fourth-order valence-electron chi connectivity index (χ4n) is 3.19. The first kappa shape index (κ1) is 19.5. The summed E-state index contributed by atoms with van der Waals surface area (Å²) >= 11 is 0. The summed E-state index contributed by atoms with van der Waals surface area (Å²) in [4.78, 5) is 15.0. The zero-order valence-corrected chi connectivity index (χ0v) is 16.4. The minimum Gasteiger partial charge on any atom is -0.348 e. The van der Waals surface area contributed by atoms with Crippen LogP contribution < -0.4 is 5.32 Å². The first-order chi connectivity index (χ1) is 12.9. The van der Waals surface area contributed by atoms with Gasteiger partial charge in [-0.25, -0.2) is 12.7 Å². The van der Waals surface area contributed by atoms with Gasteiger partial charge in [-0.1, -0.05) is 30.3 Å². The second kappa shape index (κ2) is 8.21. The second-order valence-electron chi connectivity index (χ2n) is 6.99. The molecule has 7 heteroatoms. The van der Waals surface area contributed by atoms with E-state index in [1.165, 1.54) is 31.8 Å². The quantitative estimate of drug-likeness (QED) is 0.822. The molecule has 1 aliphatic heterocycles. The highest BCUT2D eigenvalue weighted by molar-refractivity contribution is 7.89. The van der Waals surface area contributed by atoms with E-state index in [0.29, 0.717) is 5.56 Å². The smallest absolute Gasteiger partial charge is 0.251 e. The van der Waals surface area contributed by atoms with Crippen LogP contribution in [-0.4, -0.2) is 56.8 Å². The average Bonchev–Trinajstić information content (AvgIpc) is 3.09. The van der Waals surface area contributed by atoms with Crippen molar-refractivity contribution in [1.82, 2.24) is 14.5 Å². The monoisotopic (exact) mass is 387 g/mol. The van der Waals surface area contributed by atoms with Crippen molar-refractivity contribution in [2.75, 3.05) is 27.2 Å². The van der Waals surface area contributed by atoms with Crippen LogP contribution in [0, 0.1) is 0 Å². The van der Waals surface area contributed by atoms with E-state index in [4.69, 9.17) is 0 Å². The van der Waals surface area contributed by atoms with Crippen LogP contribution in [0.2, 0.25) is 0 Å². The van der Waals surface area contributed by atoms with E-state index in [0.717, 1.165) is 30.4 Å². The Labute approximate surface area is 160 Å².